The molecule has 0 N–H and O–H groups in total. The molecule has 0 unspecified atom stereocenters. The number of hydrogen-bond donors (Lipinski definition) is 0. The smallest absolute Gasteiger partial charge is 1.00 e. The Balaban J connectivity index is 0. The third-order valence-corrected chi connectivity index (χ3v) is 1.70. The normalized spacial score (nSPS) is 8.62. The van der Waals surface area contributed by atoms with Crippen LogP contribution in [0.4, 0.5) is 0 Å². The molecule has 0 saturated carbocycles. The molecule has 1 aromatic rings. The van der Waals surface area contributed by atoms with Gasteiger partial charge in [-0.3, -0.25) is 0 Å². The van der Waals surface area contributed by atoms with Gasteiger partial charge in [-0.25, -0.2) is 0 Å². The van der Waals surface area contributed by atoms with Crippen LogP contribution >= 0.6 is 0 Å². The van der Waals surface area contributed by atoms with E-state index in [4.69, 9.17) is 14.2 Å². The van der Waals surface area contributed by atoms with Crippen LogP contribution in [-0.4, -0.2) is 50.0 Å². The van der Waals surface area contributed by atoms with E-state index in [9.17, 15) is 0 Å². The molecule has 5 heteroatoms. The third kappa shape index (κ3) is 6.57. The van der Waals surface area contributed by atoms with E-state index in [2.05, 4.69) is 6.07 Å². The molecule has 0 aliphatic carbocycles. The van der Waals surface area contributed by atoms with Crippen LogP contribution in [0.2, 0.25) is 0 Å². The third-order valence-electron chi connectivity index (χ3n) is 1.70. The van der Waals surface area contributed by atoms with Crippen molar-refractivity contribution < 1.29 is 31.2 Å². The maximum absolute atomic E-state index is 5.45. The summed E-state index contributed by atoms with van der Waals surface area (Å²) in [6.07, 6.45) is 0. The summed E-state index contributed by atoms with van der Waals surface area (Å²) in [6.45, 7) is 3.79. The fourth-order valence-electron chi connectivity index (χ4n) is 1.04. The monoisotopic (exact) mass is 298 g/mol. The minimum Gasteiger partial charge on any atom is -1.00 e. The van der Waals surface area contributed by atoms with Crippen molar-refractivity contribution in [3.63, 3.8) is 0 Å². The fraction of sp³-hybridized carbons (Fsp3) is 0.455. The van der Waals surface area contributed by atoms with Gasteiger partial charge in [0.15, 0.2) is 0 Å². The molecule has 0 atom stereocenters. The second-order valence-corrected chi connectivity index (χ2v) is 2.62. The molecular weight excluding hydrogens is 284 g/mol. The zero-order chi connectivity index (χ0) is 10.2. The van der Waals surface area contributed by atoms with Gasteiger partial charge in [0.25, 0.3) is 0 Å². The van der Waals surface area contributed by atoms with E-state index in [1.165, 1.54) is 0 Å². The van der Waals surface area contributed by atoms with Crippen molar-refractivity contribution in [2.45, 2.75) is 6.92 Å². The Morgan fingerprint density at radius 3 is 2.62 bits per heavy atom. The van der Waals surface area contributed by atoms with Crippen LogP contribution < -0.4 is 26.5 Å². The van der Waals surface area contributed by atoms with Crippen LogP contribution in [0.1, 0.15) is 6.92 Å². The molecule has 1 aromatic carbocycles. The van der Waals surface area contributed by atoms with E-state index in [0.29, 0.717) is 25.6 Å². The average molecular weight is 299 g/mol. The molecule has 0 amide bonds. The number of benzene rings is 1. The van der Waals surface area contributed by atoms with Crippen molar-refractivity contribution in [2.24, 2.45) is 0 Å². The van der Waals surface area contributed by atoms with E-state index < -0.39 is 0 Å². The Labute approximate surface area is 123 Å². The number of halogens is 1. The summed E-state index contributed by atoms with van der Waals surface area (Å²) in [5.74, 6) is 1.43. The van der Waals surface area contributed by atoms with E-state index in [0.717, 1.165) is 5.75 Å². The maximum atomic E-state index is 5.45. The zero-order valence-electron chi connectivity index (χ0n) is 9.66. The Morgan fingerprint density at radius 2 is 2.00 bits per heavy atom. The van der Waals surface area contributed by atoms with Crippen LogP contribution in [0.5, 0.6) is 11.5 Å². The summed E-state index contributed by atoms with van der Waals surface area (Å²) in [5, 5.41) is 0. The Bertz CT molecular complexity index is 271. The molecule has 1 rings (SSSR count). The minimum atomic E-state index is 0. The Kier molecular flexibility index (Phi) is 13.2. The van der Waals surface area contributed by atoms with Crippen molar-refractivity contribution in [2.75, 3.05) is 26.9 Å². The quantitative estimate of drug-likeness (QED) is 0.365. The van der Waals surface area contributed by atoms with E-state index >= 15 is 0 Å². The summed E-state index contributed by atoms with van der Waals surface area (Å²) < 4.78 is 15.7. The van der Waals surface area contributed by atoms with Crippen LogP contribution in [0.15, 0.2) is 18.2 Å². The fourth-order valence-corrected chi connectivity index (χ4v) is 1.04. The number of ether oxygens (including phenoxy) is 3. The molecule has 16 heavy (non-hydrogen) atoms. The minimum absolute atomic E-state index is 0. The van der Waals surface area contributed by atoms with Gasteiger partial charge in [-0.05, 0) is 6.92 Å². The molecule has 0 heterocycles. The molecule has 0 radical (unpaired) electrons. The first-order chi connectivity index (χ1) is 6.88. The van der Waals surface area contributed by atoms with Gasteiger partial charge in [-0.1, -0.05) is 0 Å². The van der Waals surface area contributed by atoms with Gasteiger partial charge >= 0.3 is 23.1 Å². The van der Waals surface area contributed by atoms with Crippen molar-refractivity contribution in [1.29, 1.82) is 0 Å². The SMILES string of the molecule is CCOCCOc1c[c-]ccc1OC.[Br-].[Mg+2]. The number of methoxy groups -OCH3 is 1. The first-order valence-electron chi connectivity index (χ1n) is 4.63. The molecule has 0 fully saturated rings. The van der Waals surface area contributed by atoms with Gasteiger partial charge < -0.3 is 31.2 Å². The molecule has 86 valence electrons. The Morgan fingerprint density at radius 1 is 1.25 bits per heavy atom. The predicted octanol–water partition coefficient (Wildman–Crippen LogP) is -1.47. The van der Waals surface area contributed by atoms with Gasteiger partial charge in [-0.15, -0.1) is 12.1 Å². The molecular formula is C11H15BrMgO3. The first-order valence-corrected chi connectivity index (χ1v) is 4.63. The van der Waals surface area contributed by atoms with Gasteiger partial charge in [0.2, 0.25) is 0 Å². The average Bonchev–Trinajstić information content (AvgIpc) is 2.25. The molecule has 0 spiro atoms. The van der Waals surface area contributed by atoms with E-state index in [1.54, 1.807) is 19.2 Å². The van der Waals surface area contributed by atoms with Crippen LogP contribution in [0, 0.1) is 6.07 Å². The van der Waals surface area contributed by atoms with Crippen molar-refractivity contribution >= 4 is 23.1 Å². The number of hydrogen-bond acceptors (Lipinski definition) is 3. The van der Waals surface area contributed by atoms with Crippen molar-refractivity contribution in [3.05, 3.63) is 24.3 Å². The second-order valence-electron chi connectivity index (χ2n) is 2.62. The maximum Gasteiger partial charge on any atom is 2.00 e. The zero-order valence-corrected chi connectivity index (χ0v) is 12.7. The second kappa shape index (κ2) is 11.5. The predicted molar refractivity (Wildman–Crippen MR) is 59.6 cm³/mol. The van der Waals surface area contributed by atoms with Crippen molar-refractivity contribution in [3.8, 4) is 11.5 Å². The summed E-state index contributed by atoms with van der Waals surface area (Å²) >= 11 is 0. The van der Waals surface area contributed by atoms with Crippen molar-refractivity contribution in [1.82, 2.24) is 0 Å². The van der Waals surface area contributed by atoms with Gasteiger partial charge in [0.05, 0.1) is 26.1 Å². The topological polar surface area (TPSA) is 27.7 Å². The van der Waals surface area contributed by atoms with E-state index in [1.807, 2.05) is 13.0 Å². The van der Waals surface area contributed by atoms with Crippen LogP contribution in [0.25, 0.3) is 0 Å². The summed E-state index contributed by atoms with van der Waals surface area (Å²) in [5.41, 5.74) is 0. The summed E-state index contributed by atoms with van der Waals surface area (Å²) in [7, 11) is 1.62. The molecule has 0 aromatic heterocycles. The molecule has 0 aliphatic rings. The molecule has 0 saturated heterocycles. The summed E-state index contributed by atoms with van der Waals surface area (Å²) in [6, 6.07) is 8.29. The van der Waals surface area contributed by atoms with Crippen LogP contribution in [-0.2, 0) is 4.74 Å². The standard InChI is InChI=1S/C11H15O3.BrH.Mg/c1-3-13-8-9-14-11-7-5-4-6-10(11)12-2;;/h4,6-7H,3,8-9H2,1-2H3;1H;/q-1;;+2/p-1. The first kappa shape index (κ1) is 18.4. The van der Waals surface area contributed by atoms with Gasteiger partial charge in [0, 0.05) is 12.4 Å². The molecule has 3 nitrogen and oxygen atoms in total. The van der Waals surface area contributed by atoms with E-state index in [-0.39, 0.29) is 40.0 Å². The van der Waals surface area contributed by atoms with Gasteiger partial charge in [0.1, 0.15) is 0 Å². The number of rotatable bonds is 6. The van der Waals surface area contributed by atoms with Gasteiger partial charge in [-0.2, -0.15) is 12.1 Å². The Hall–Kier alpha value is 0.0262. The van der Waals surface area contributed by atoms with Crippen LogP contribution in [0.3, 0.4) is 0 Å². The molecule has 0 bridgehead atoms. The summed E-state index contributed by atoms with van der Waals surface area (Å²) in [4.78, 5) is 0. The molecule has 0 aliphatic heterocycles. The largest absolute Gasteiger partial charge is 2.00 e.